The lowest BCUT2D eigenvalue weighted by atomic mass is 10.2. The van der Waals surface area contributed by atoms with Crippen LogP contribution in [0.5, 0.6) is 0 Å². The van der Waals surface area contributed by atoms with Crippen molar-refractivity contribution >= 4 is 40.7 Å². The summed E-state index contributed by atoms with van der Waals surface area (Å²) in [6, 6.07) is 7.83. The molecule has 0 saturated carbocycles. The molecule has 110 valence electrons. The number of nitrogens with two attached hydrogens (primary N) is 1. The number of rotatable bonds is 4. The number of fused-ring (bicyclic) bond motifs is 1. The smallest absolute Gasteiger partial charge is 0.191 e. The fourth-order valence-corrected chi connectivity index (χ4v) is 2.93. The molecule has 3 rings (SSSR count). The van der Waals surface area contributed by atoms with E-state index in [2.05, 4.69) is 27.1 Å². The molecule has 5 nitrogen and oxygen atoms in total. The summed E-state index contributed by atoms with van der Waals surface area (Å²) >= 11 is 7.51. The van der Waals surface area contributed by atoms with E-state index in [4.69, 9.17) is 17.3 Å². The first kappa shape index (κ1) is 14.3. The van der Waals surface area contributed by atoms with E-state index in [0.29, 0.717) is 12.5 Å². The number of hydrogen-bond acceptors (Lipinski definition) is 6. The molecule has 1 aliphatic rings. The Morgan fingerprint density at radius 3 is 2.81 bits per heavy atom. The number of benzene rings is 1. The Hall–Kier alpha value is -1.66. The van der Waals surface area contributed by atoms with Gasteiger partial charge in [-0.3, -0.25) is 0 Å². The predicted octanol–water partition coefficient (Wildman–Crippen LogP) is 3.21. The first-order chi connectivity index (χ1) is 10.2. The summed E-state index contributed by atoms with van der Waals surface area (Å²) in [6.45, 7) is 3.50. The molecule has 0 spiro atoms. The molecule has 0 aliphatic carbocycles. The molecule has 1 aromatic carbocycles. The summed E-state index contributed by atoms with van der Waals surface area (Å²) in [4.78, 5) is 11.1. The maximum absolute atomic E-state index is 6.01. The zero-order valence-electron chi connectivity index (χ0n) is 11.6. The van der Waals surface area contributed by atoms with Gasteiger partial charge in [-0.1, -0.05) is 42.4 Å². The zero-order chi connectivity index (χ0) is 14.8. The third kappa shape index (κ3) is 3.01. The Morgan fingerprint density at radius 1 is 1.33 bits per heavy atom. The quantitative estimate of drug-likeness (QED) is 0.666. The van der Waals surface area contributed by atoms with E-state index in [1.807, 2.05) is 24.3 Å². The SMILES string of the molecule is CCSc1nc(N)c2c(n1)N(Cc1ccc(Cl)cc1)CN2. The second kappa shape index (κ2) is 5.99. The molecule has 2 aromatic rings. The number of anilines is 3. The van der Waals surface area contributed by atoms with Gasteiger partial charge in [0.2, 0.25) is 0 Å². The molecule has 21 heavy (non-hydrogen) atoms. The Morgan fingerprint density at radius 2 is 2.10 bits per heavy atom. The maximum atomic E-state index is 6.01. The van der Waals surface area contributed by atoms with E-state index in [1.165, 1.54) is 5.56 Å². The molecule has 0 saturated heterocycles. The highest BCUT2D eigenvalue weighted by molar-refractivity contribution is 7.99. The average molecular weight is 322 g/mol. The first-order valence-corrected chi connectivity index (χ1v) is 8.07. The summed E-state index contributed by atoms with van der Waals surface area (Å²) in [7, 11) is 0. The van der Waals surface area contributed by atoms with Crippen molar-refractivity contribution in [1.29, 1.82) is 0 Å². The number of nitrogens with one attached hydrogen (secondary N) is 1. The molecule has 0 radical (unpaired) electrons. The van der Waals surface area contributed by atoms with Crippen LogP contribution in [0.3, 0.4) is 0 Å². The van der Waals surface area contributed by atoms with E-state index in [-0.39, 0.29) is 0 Å². The lowest BCUT2D eigenvalue weighted by molar-refractivity contribution is 0.839. The van der Waals surface area contributed by atoms with Gasteiger partial charge in [-0.2, -0.15) is 0 Å². The minimum Gasteiger partial charge on any atom is -0.382 e. The number of hydrogen-bond donors (Lipinski definition) is 2. The summed E-state index contributed by atoms with van der Waals surface area (Å²) in [5.74, 6) is 2.30. The molecular weight excluding hydrogens is 306 g/mol. The standard InChI is InChI=1S/C14H16ClN5S/c1-2-21-14-18-12(16)11-13(19-14)20(8-17-11)7-9-3-5-10(15)6-4-9/h3-6,17H,2,7-8H2,1H3,(H2,16,18,19). The number of halogens is 1. The van der Waals surface area contributed by atoms with Crippen LogP contribution in [0.2, 0.25) is 5.02 Å². The number of thioether (sulfide) groups is 1. The maximum Gasteiger partial charge on any atom is 0.191 e. The highest BCUT2D eigenvalue weighted by Crippen LogP contribution is 2.35. The van der Waals surface area contributed by atoms with Crippen molar-refractivity contribution in [3.8, 4) is 0 Å². The van der Waals surface area contributed by atoms with Gasteiger partial charge >= 0.3 is 0 Å². The summed E-state index contributed by atoms with van der Waals surface area (Å²) < 4.78 is 0. The van der Waals surface area contributed by atoms with Crippen LogP contribution in [0, 0.1) is 0 Å². The van der Waals surface area contributed by atoms with Crippen molar-refractivity contribution in [2.45, 2.75) is 18.6 Å². The van der Waals surface area contributed by atoms with Crippen molar-refractivity contribution in [3.05, 3.63) is 34.9 Å². The molecule has 7 heteroatoms. The molecule has 1 aliphatic heterocycles. The lowest BCUT2D eigenvalue weighted by Crippen LogP contribution is -2.22. The minimum absolute atomic E-state index is 0.509. The molecule has 0 fully saturated rings. The van der Waals surface area contributed by atoms with Crippen LogP contribution in [-0.2, 0) is 6.54 Å². The number of nitrogens with zero attached hydrogens (tertiary/aromatic N) is 3. The molecule has 3 N–H and O–H groups in total. The summed E-state index contributed by atoms with van der Waals surface area (Å²) in [6.07, 6.45) is 0. The highest BCUT2D eigenvalue weighted by atomic mass is 35.5. The lowest BCUT2D eigenvalue weighted by Gasteiger charge is -2.17. The summed E-state index contributed by atoms with van der Waals surface area (Å²) in [5.41, 5.74) is 8.01. The fraction of sp³-hybridized carbons (Fsp3) is 0.286. The van der Waals surface area contributed by atoms with Crippen LogP contribution in [0.15, 0.2) is 29.4 Å². The van der Waals surface area contributed by atoms with Crippen LogP contribution in [-0.4, -0.2) is 22.4 Å². The van der Waals surface area contributed by atoms with E-state index < -0.39 is 0 Å². The predicted molar refractivity (Wildman–Crippen MR) is 89.0 cm³/mol. The van der Waals surface area contributed by atoms with Crippen LogP contribution >= 0.6 is 23.4 Å². The van der Waals surface area contributed by atoms with Gasteiger partial charge in [0.05, 0.1) is 6.67 Å². The van der Waals surface area contributed by atoms with Crippen LogP contribution < -0.4 is 16.0 Å². The van der Waals surface area contributed by atoms with Crippen molar-refractivity contribution in [2.24, 2.45) is 0 Å². The van der Waals surface area contributed by atoms with Gasteiger partial charge in [0, 0.05) is 11.6 Å². The monoisotopic (exact) mass is 321 g/mol. The molecule has 0 atom stereocenters. The molecule has 0 unspecified atom stereocenters. The van der Waals surface area contributed by atoms with E-state index in [9.17, 15) is 0 Å². The number of nitrogen functional groups attached to an aromatic ring is 1. The Labute approximate surface area is 132 Å². The van der Waals surface area contributed by atoms with Crippen LogP contribution in [0.4, 0.5) is 17.3 Å². The van der Waals surface area contributed by atoms with Gasteiger partial charge in [0.1, 0.15) is 5.69 Å². The van der Waals surface area contributed by atoms with Gasteiger partial charge in [0.25, 0.3) is 0 Å². The second-order valence-corrected chi connectivity index (χ2v) is 6.35. The highest BCUT2D eigenvalue weighted by Gasteiger charge is 2.24. The van der Waals surface area contributed by atoms with Crippen molar-refractivity contribution in [3.63, 3.8) is 0 Å². The topological polar surface area (TPSA) is 67.1 Å². The second-order valence-electron chi connectivity index (χ2n) is 4.68. The molecule has 0 amide bonds. The van der Waals surface area contributed by atoms with Crippen LogP contribution in [0.25, 0.3) is 0 Å². The van der Waals surface area contributed by atoms with E-state index >= 15 is 0 Å². The first-order valence-electron chi connectivity index (χ1n) is 6.71. The molecule has 1 aromatic heterocycles. The average Bonchev–Trinajstić information content (AvgIpc) is 2.86. The number of aromatic nitrogens is 2. The molecule has 0 bridgehead atoms. The Bertz CT molecular complexity index is 647. The van der Waals surface area contributed by atoms with Gasteiger partial charge in [-0.25, -0.2) is 9.97 Å². The molecule has 2 heterocycles. The third-order valence-corrected chi connectivity index (χ3v) is 4.19. The summed E-state index contributed by atoms with van der Waals surface area (Å²) in [5, 5.41) is 4.72. The minimum atomic E-state index is 0.509. The van der Waals surface area contributed by atoms with Gasteiger partial charge < -0.3 is 16.0 Å². The zero-order valence-corrected chi connectivity index (χ0v) is 13.2. The van der Waals surface area contributed by atoms with Gasteiger partial charge in [-0.15, -0.1) is 0 Å². The third-order valence-electron chi connectivity index (χ3n) is 3.20. The Kier molecular flexibility index (Phi) is 4.07. The fourth-order valence-electron chi connectivity index (χ4n) is 2.23. The van der Waals surface area contributed by atoms with Gasteiger partial charge in [0.15, 0.2) is 16.8 Å². The van der Waals surface area contributed by atoms with Gasteiger partial charge in [-0.05, 0) is 23.4 Å². The normalized spacial score (nSPS) is 13.1. The Balaban J connectivity index is 1.86. The molecular formula is C14H16ClN5S. The van der Waals surface area contributed by atoms with E-state index in [1.54, 1.807) is 11.8 Å². The van der Waals surface area contributed by atoms with Crippen molar-refractivity contribution in [2.75, 3.05) is 28.4 Å². The van der Waals surface area contributed by atoms with Crippen LogP contribution in [0.1, 0.15) is 12.5 Å². The largest absolute Gasteiger partial charge is 0.382 e. The van der Waals surface area contributed by atoms with E-state index in [0.717, 1.165) is 34.0 Å². The van der Waals surface area contributed by atoms with Crippen molar-refractivity contribution < 1.29 is 0 Å². The van der Waals surface area contributed by atoms with Crippen molar-refractivity contribution in [1.82, 2.24) is 9.97 Å².